The first-order valence-electron chi connectivity index (χ1n) is 6.10. The van der Waals surface area contributed by atoms with E-state index < -0.39 is 5.82 Å². The number of Topliss-reactive ketones (excluding diaryl/α,β-unsaturated/α-hetero) is 1. The summed E-state index contributed by atoms with van der Waals surface area (Å²) in [6.45, 7) is 0. The first kappa shape index (κ1) is 12.3. The second-order valence-corrected chi connectivity index (χ2v) is 5.01. The average Bonchev–Trinajstić information content (AvgIpc) is 2.85. The van der Waals surface area contributed by atoms with Gasteiger partial charge in [-0.3, -0.25) is 9.78 Å². The van der Waals surface area contributed by atoms with Crippen LogP contribution in [0.15, 0.2) is 36.5 Å². The summed E-state index contributed by atoms with van der Waals surface area (Å²) in [5, 5.41) is -0.0231. The Balaban J connectivity index is 2.00. The van der Waals surface area contributed by atoms with Crippen molar-refractivity contribution < 1.29 is 9.18 Å². The molecule has 0 saturated heterocycles. The van der Waals surface area contributed by atoms with Crippen LogP contribution in [0, 0.1) is 5.82 Å². The van der Waals surface area contributed by atoms with Crippen LogP contribution in [0.5, 0.6) is 0 Å². The number of nitrogens with zero attached hydrogens (tertiary/aromatic N) is 1. The molecule has 0 bridgehead atoms. The van der Waals surface area contributed by atoms with Crippen LogP contribution in [0.2, 0.25) is 5.02 Å². The van der Waals surface area contributed by atoms with Crippen molar-refractivity contribution in [2.75, 3.05) is 0 Å². The molecule has 1 aliphatic rings. The summed E-state index contributed by atoms with van der Waals surface area (Å²) in [5.74, 6) is -1.24. The molecule has 1 unspecified atom stereocenters. The number of hydrogen-bond donors (Lipinski definition) is 0. The third-order valence-corrected chi connectivity index (χ3v) is 3.78. The monoisotopic (exact) mass is 275 g/mol. The summed E-state index contributed by atoms with van der Waals surface area (Å²) in [6.07, 6.45) is 3.15. The number of fused-ring (bicyclic) bond motifs is 1. The van der Waals surface area contributed by atoms with Crippen LogP contribution in [-0.4, -0.2) is 10.8 Å². The predicted octanol–water partition coefficient (Wildman–Crippen LogP) is 3.79. The van der Waals surface area contributed by atoms with Crippen LogP contribution >= 0.6 is 11.6 Å². The van der Waals surface area contributed by atoms with Crippen LogP contribution in [0.4, 0.5) is 4.39 Å². The number of hydrogen-bond acceptors (Lipinski definition) is 2. The lowest BCUT2D eigenvalue weighted by molar-refractivity contribution is 0.0954. The highest BCUT2D eigenvalue weighted by molar-refractivity contribution is 6.31. The maximum Gasteiger partial charge on any atom is 0.174 e. The van der Waals surface area contributed by atoms with E-state index in [2.05, 4.69) is 4.98 Å². The molecule has 0 fully saturated rings. The Labute approximate surface area is 115 Å². The van der Waals surface area contributed by atoms with Gasteiger partial charge in [-0.15, -0.1) is 0 Å². The molecule has 0 amide bonds. The molecule has 19 heavy (non-hydrogen) atoms. The largest absolute Gasteiger partial charge is 0.293 e. The van der Waals surface area contributed by atoms with E-state index in [0.717, 1.165) is 17.7 Å². The van der Waals surface area contributed by atoms with E-state index in [1.54, 1.807) is 12.3 Å². The molecule has 96 valence electrons. The topological polar surface area (TPSA) is 30.0 Å². The van der Waals surface area contributed by atoms with Crippen LogP contribution in [-0.2, 0) is 6.42 Å². The number of carbonyl (C=O) groups is 1. The lowest BCUT2D eigenvalue weighted by atomic mass is 9.95. The molecule has 0 radical (unpaired) electrons. The van der Waals surface area contributed by atoms with Crippen molar-refractivity contribution >= 4 is 17.4 Å². The molecule has 0 spiro atoms. The minimum absolute atomic E-state index is 0.0231. The molecule has 1 heterocycles. The molecule has 4 heteroatoms. The van der Waals surface area contributed by atoms with E-state index in [4.69, 9.17) is 11.6 Å². The van der Waals surface area contributed by atoms with Gasteiger partial charge in [0.25, 0.3) is 0 Å². The predicted molar refractivity (Wildman–Crippen MR) is 71.0 cm³/mol. The van der Waals surface area contributed by atoms with Crippen molar-refractivity contribution in [1.82, 2.24) is 4.98 Å². The number of pyridine rings is 1. The van der Waals surface area contributed by atoms with Gasteiger partial charge in [-0.2, -0.15) is 0 Å². The number of aromatic nitrogens is 1. The quantitative estimate of drug-likeness (QED) is 0.781. The lowest BCUT2D eigenvalue weighted by Gasteiger charge is -2.10. The van der Waals surface area contributed by atoms with E-state index in [-0.39, 0.29) is 22.3 Å². The summed E-state index contributed by atoms with van der Waals surface area (Å²) in [4.78, 5) is 16.7. The van der Waals surface area contributed by atoms with Crippen molar-refractivity contribution in [3.8, 4) is 0 Å². The smallest absolute Gasteiger partial charge is 0.174 e. The Bertz CT molecular complexity index is 656. The van der Waals surface area contributed by atoms with Crippen molar-refractivity contribution in [3.05, 3.63) is 64.2 Å². The number of rotatable bonds is 2. The zero-order valence-electron chi connectivity index (χ0n) is 10.1. The van der Waals surface area contributed by atoms with Crippen LogP contribution < -0.4 is 0 Å². The Morgan fingerprint density at radius 3 is 3.00 bits per heavy atom. The molecule has 1 atom stereocenters. The first-order chi connectivity index (χ1) is 9.18. The molecular formula is C15H11ClFNO. The summed E-state index contributed by atoms with van der Waals surface area (Å²) in [5.41, 5.74) is 1.89. The van der Waals surface area contributed by atoms with Crippen molar-refractivity contribution in [1.29, 1.82) is 0 Å². The van der Waals surface area contributed by atoms with Gasteiger partial charge in [0.05, 0.1) is 22.2 Å². The molecule has 0 saturated carbocycles. The van der Waals surface area contributed by atoms with E-state index in [0.29, 0.717) is 6.42 Å². The summed E-state index contributed by atoms with van der Waals surface area (Å²) in [6, 6.07) is 8.32. The summed E-state index contributed by atoms with van der Waals surface area (Å²) in [7, 11) is 0. The van der Waals surface area contributed by atoms with Gasteiger partial charge in [-0.05, 0) is 36.6 Å². The fourth-order valence-electron chi connectivity index (χ4n) is 2.55. The Morgan fingerprint density at radius 1 is 1.32 bits per heavy atom. The maximum absolute atomic E-state index is 13.9. The highest BCUT2D eigenvalue weighted by atomic mass is 35.5. The lowest BCUT2D eigenvalue weighted by Crippen LogP contribution is -2.13. The fraction of sp³-hybridized carbons (Fsp3) is 0.200. The second-order valence-electron chi connectivity index (χ2n) is 4.60. The molecular weight excluding hydrogens is 265 g/mol. The van der Waals surface area contributed by atoms with E-state index in [9.17, 15) is 9.18 Å². The maximum atomic E-state index is 13.9. The molecule has 0 N–H and O–H groups in total. The third kappa shape index (κ3) is 2.04. The molecule has 1 aromatic carbocycles. The Hall–Kier alpha value is -1.74. The van der Waals surface area contributed by atoms with E-state index in [1.165, 1.54) is 12.1 Å². The molecule has 2 aromatic rings. The van der Waals surface area contributed by atoms with Gasteiger partial charge in [0.1, 0.15) is 0 Å². The average molecular weight is 276 g/mol. The van der Waals surface area contributed by atoms with Crippen LogP contribution in [0.25, 0.3) is 0 Å². The standard InChI is InChI=1S/C15H11ClFNO/c16-12-5-1-4-10(13(12)17)15(19)11-7-6-9-3-2-8-18-14(9)11/h1-5,8,11H,6-7H2. The third-order valence-electron chi connectivity index (χ3n) is 3.49. The SMILES string of the molecule is O=C(c1cccc(Cl)c1F)C1CCc2cccnc21. The highest BCUT2D eigenvalue weighted by Crippen LogP contribution is 2.34. The van der Waals surface area contributed by atoms with E-state index in [1.807, 2.05) is 12.1 Å². The van der Waals surface area contributed by atoms with Crippen molar-refractivity contribution in [2.45, 2.75) is 18.8 Å². The van der Waals surface area contributed by atoms with Gasteiger partial charge >= 0.3 is 0 Å². The molecule has 0 aliphatic heterocycles. The Kier molecular flexibility index (Phi) is 3.07. The number of halogens is 2. The van der Waals surface area contributed by atoms with Crippen LogP contribution in [0.1, 0.15) is 34.0 Å². The van der Waals surface area contributed by atoms with Gasteiger partial charge in [-0.1, -0.05) is 23.7 Å². The fourth-order valence-corrected chi connectivity index (χ4v) is 2.72. The zero-order chi connectivity index (χ0) is 13.4. The van der Waals surface area contributed by atoms with Gasteiger partial charge in [0, 0.05) is 6.20 Å². The zero-order valence-corrected chi connectivity index (χ0v) is 10.8. The minimum Gasteiger partial charge on any atom is -0.293 e. The molecule has 2 nitrogen and oxygen atoms in total. The normalized spacial score (nSPS) is 17.3. The van der Waals surface area contributed by atoms with Crippen molar-refractivity contribution in [2.24, 2.45) is 0 Å². The molecule has 3 rings (SSSR count). The van der Waals surface area contributed by atoms with E-state index >= 15 is 0 Å². The van der Waals surface area contributed by atoms with Gasteiger partial charge in [-0.25, -0.2) is 4.39 Å². The highest BCUT2D eigenvalue weighted by Gasteiger charge is 2.31. The summed E-state index contributed by atoms with van der Waals surface area (Å²) >= 11 is 5.72. The first-order valence-corrected chi connectivity index (χ1v) is 6.48. The van der Waals surface area contributed by atoms with Gasteiger partial charge < -0.3 is 0 Å². The number of benzene rings is 1. The molecule has 1 aliphatic carbocycles. The Morgan fingerprint density at radius 2 is 2.16 bits per heavy atom. The number of aryl methyl sites for hydroxylation is 1. The summed E-state index contributed by atoms with van der Waals surface area (Å²) < 4.78 is 13.9. The minimum atomic E-state index is -0.640. The van der Waals surface area contributed by atoms with Crippen LogP contribution in [0.3, 0.4) is 0 Å². The number of ketones is 1. The second kappa shape index (κ2) is 4.74. The molecule has 1 aromatic heterocycles. The van der Waals surface area contributed by atoms with Gasteiger partial charge in [0.2, 0.25) is 0 Å². The van der Waals surface area contributed by atoms with Gasteiger partial charge in [0.15, 0.2) is 11.6 Å². The van der Waals surface area contributed by atoms with Crippen molar-refractivity contribution in [3.63, 3.8) is 0 Å². The number of carbonyl (C=O) groups excluding carboxylic acids is 1.